The predicted molar refractivity (Wildman–Crippen MR) is 116 cm³/mol. The van der Waals surface area contributed by atoms with Gasteiger partial charge in [0.25, 0.3) is 0 Å². The lowest BCUT2D eigenvalue weighted by Crippen LogP contribution is -2.49. The van der Waals surface area contributed by atoms with Crippen molar-refractivity contribution in [3.05, 3.63) is 36.4 Å². The van der Waals surface area contributed by atoms with E-state index in [-0.39, 0.29) is 6.09 Å². The molecule has 7 heteroatoms. The quantitative estimate of drug-likeness (QED) is 0.679. The zero-order valence-corrected chi connectivity index (χ0v) is 17.4. The molecule has 1 N–H and O–H groups in total. The summed E-state index contributed by atoms with van der Waals surface area (Å²) in [6.07, 6.45) is 3.23. The first-order valence-corrected chi connectivity index (χ1v) is 10.6. The van der Waals surface area contributed by atoms with E-state index in [0.29, 0.717) is 25.6 Å². The van der Waals surface area contributed by atoms with Crippen molar-refractivity contribution >= 4 is 17.9 Å². The van der Waals surface area contributed by atoms with Crippen LogP contribution in [-0.4, -0.2) is 60.3 Å². The highest BCUT2D eigenvalue weighted by molar-refractivity contribution is 5.68. The zero-order chi connectivity index (χ0) is 20.5. The molecule has 0 spiro atoms. The van der Waals surface area contributed by atoms with Crippen LogP contribution in [0.15, 0.2) is 36.4 Å². The normalized spacial score (nSPS) is 14.0. The number of unbranched alkanes of at least 4 members (excludes halogenated alkanes) is 2. The molecule has 1 amide bonds. The summed E-state index contributed by atoms with van der Waals surface area (Å²) in [5.41, 5.74) is 1.97. The number of carbonyl (C=O) groups excluding carboxylic acids is 1. The minimum absolute atomic E-state index is 0.238. The number of rotatable bonds is 8. The summed E-state index contributed by atoms with van der Waals surface area (Å²) in [4.78, 5) is 25.4. The fraction of sp³-hybridized carbons (Fsp3) is 0.500. The minimum Gasteiger partial charge on any atom is -0.450 e. The lowest BCUT2D eigenvalue weighted by Gasteiger charge is -2.34. The first-order valence-electron chi connectivity index (χ1n) is 10.6. The van der Waals surface area contributed by atoms with Gasteiger partial charge in [-0.05, 0) is 13.3 Å². The summed E-state index contributed by atoms with van der Waals surface area (Å²) >= 11 is 0. The maximum Gasteiger partial charge on any atom is 0.409 e. The van der Waals surface area contributed by atoms with Gasteiger partial charge in [-0.1, -0.05) is 50.1 Å². The smallest absolute Gasteiger partial charge is 0.409 e. The molecule has 1 aliphatic rings. The number of amides is 1. The second kappa shape index (κ2) is 10.6. The van der Waals surface area contributed by atoms with E-state index in [9.17, 15) is 4.79 Å². The highest BCUT2D eigenvalue weighted by Gasteiger charge is 2.23. The van der Waals surface area contributed by atoms with E-state index < -0.39 is 0 Å². The minimum atomic E-state index is -0.238. The molecule has 1 aliphatic heterocycles. The molecule has 0 aliphatic carbocycles. The van der Waals surface area contributed by atoms with Crippen molar-refractivity contribution in [3.8, 4) is 11.3 Å². The van der Waals surface area contributed by atoms with Crippen LogP contribution >= 0.6 is 0 Å². The van der Waals surface area contributed by atoms with Crippen molar-refractivity contribution in [2.45, 2.75) is 33.1 Å². The number of ether oxygens (including phenoxy) is 1. The first-order chi connectivity index (χ1) is 14.2. The summed E-state index contributed by atoms with van der Waals surface area (Å²) in [5.74, 6) is 1.55. The molecular weight excluding hydrogens is 366 g/mol. The summed E-state index contributed by atoms with van der Waals surface area (Å²) in [6, 6.07) is 12.2. The topological polar surface area (TPSA) is 70.6 Å². The summed E-state index contributed by atoms with van der Waals surface area (Å²) in [5, 5.41) is 3.38. The summed E-state index contributed by atoms with van der Waals surface area (Å²) < 4.78 is 5.12. The Kier molecular flexibility index (Phi) is 7.67. The van der Waals surface area contributed by atoms with Crippen molar-refractivity contribution in [2.24, 2.45) is 0 Å². The summed E-state index contributed by atoms with van der Waals surface area (Å²) in [7, 11) is 0. The lowest BCUT2D eigenvalue weighted by molar-refractivity contribution is 0.105. The Morgan fingerprint density at radius 3 is 2.52 bits per heavy atom. The first kappa shape index (κ1) is 20.9. The van der Waals surface area contributed by atoms with Gasteiger partial charge in [0.2, 0.25) is 5.95 Å². The van der Waals surface area contributed by atoms with Crippen LogP contribution in [0.1, 0.15) is 33.1 Å². The Morgan fingerprint density at radius 2 is 1.83 bits per heavy atom. The second-order valence-electron chi connectivity index (χ2n) is 7.11. The predicted octanol–water partition coefficient (Wildman–Crippen LogP) is 4.02. The Hall–Kier alpha value is -2.83. The van der Waals surface area contributed by atoms with E-state index in [1.54, 1.807) is 4.90 Å². The van der Waals surface area contributed by atoms with E-state index in [1.807, 2.05) is 31.2 Å². The van der Waals surface area contributed by atoms with Gasteiger partial charge in [0.1, 0.15) is 5.82 Å². The summed E-state index contributed by atoms with van der Waals surface area (Å²) in [6.45, 7) is 7.99. The molecule has 29 heavy (non-hydrogen) atoms. The van der Waals surface area contributed by atoms with Gasteiger partial charge in [-0.3, -0.25) is 0 Å². The maximum atomic E-state index is 12.0. The van der Waals surface area contributed by atoms with E-state index in [4.69, 9.17) is 14.7 Å². The third kappa shape index (κ3) is 5.82. The molecule has 1 saturated heterocycles. The van der Waals surface area contributed by atoms with Crippen molar-refractivity contribution in [3.63, 3.8) is 0 Å². The van der Waals surface area contributed by atoms with Crippen LogP contribution in [0.4, 0.5) is 16.6 Å². The number of hydrogen-bond donors (Lipinski definition) is 1. The van der Waals surface area contributed by atoms with Crippen molar-refractivity contribution in [1.29, 1.82) is 0 Å². The third-order valence-corrected chi connectivity index (χ3v) is 4.98. The number of anilines is 2. The molecule has 2 heterocycles. The van der Waals surface area contributed by atoms with E-state index >= 15 is 0 Å². The molecule has 1 fully saturated rings. The van der Waals surface area contributed by atoms with Crippen LogP contribution in [-0.2, 0) is 4.74 Å². The maximum absolute atomic E-state index is 12.0. The van der Waals surface area contributed by atoms with Crippen LogP contribution in [0.2, 0.25) is 0 Å². The third-order valence-electron chi connectivity index (χ3n) is 4.98. The molecule has 0 bridgehead atoms. The highest BCUT2D eigenvalue weighted by Crippen LogP contribution is 2.24. The van der Waals surface area contributed by atoms with Gasteiger partial charge < -0.3 is 19.9 Å². The molecule has 1 aromatic heterocycles. The molecule has 1 aromatic carbocycles. The fourth-order valence-electron chi connectivity index (χ4n) is 3.34. The standard InChI is InChI=1S/C22H31N5O2/c1-3-5-9-12-23-21-24-19(18-10-7-6-8-11-18)17-20(25-21)26-13-15-27(16-14-26)22(28)29-4-2/h6-8,10-11,17H,3-5,9,12-16H2,1-2H3,(H,23,24,25). The Morgan fingerprint density at radius 1 is 1.07 bits per heavy atom. The Bertz CT molecular complexity index is 776. The number of hydrogen-bond acceptors (Lipinski definition) is 6. The molecule has 3 rings (SSSR count). The average molecular weight is 398 g/mol. The van der Waals surface area contributed by atoms with Gasteiger partial charge in [-0.15, -0.1) is 0 Å². The van der Waals surface area contributed by atoms with Gasteiger partial charge in [0.05, 0.1) is 12.3 Å². The molecule has 156 valence electrons. The van der Waals surface area contributed by atoms with Crippen LogP contribution in [0.3, 0.4) is 0 Å². The van der Waals surface area contributed by atoms with E-state index in [2.05, 4.69) is 29.3 Å². The number of piperazine rings is 1. The number of benzene rings is 1. The van der Waals surface area contributed by atoms with Gasteiger partial charge in [-0.25, -0.2) is 9.78 Å². The zero-order valence-electron chi connectivity index (χ0n) is 17.4. The highest BCUT2D eigenvalue weighted by atomic mass is 16.6. The largest absolute Gasteiger partial charge is 0.450 e. The average Bonchev–Trinajstić information content (AvgIpc) is 2.77. The van der Waals surface area contributed by atoms with Crippen LogP contribution in [0, 0.1) is 0 Å². The lowest BCUT2D eigenvalue weighted by atomic mass is 10.1. The number of carbonyl (C=O) groups is 1. The number of aromatic nitrogens is 2. The number of nitrogens with one attached hydrogen (secondary N) is 1. The van der Waals surface area contributed by atoms with Crippen LogP contribution < -0.4 is 10.2 Å². The Labute approximate surface area is 173 Å². The number of nitrogens with zero attached hydrogens (tertiary/aromatic N) is 4. The van der Waals surface area contributed by atoms with Gasteiger partial charge in [0, 0.05) is 44.4 Å². The van der Waals surface area contributed by atoms with Crippen molar-refractivity contribution < 1.29 is 9.53 Å². The van der Waals surface area contributed by atoms with E-state index in [0.717, 1.165) is 43.1 Å². The van der Waals surface area contributed by atoms with Crippen LogP contribution in [0.25, 0.3) is 11.3 Å². The molecule has 7 nitrogen and oxygen atoms in total. The second-order valence-corrected chi connectivity index (χ2v) is 7.11. The molecule has 0 atom stereocenters. The molecular formula is C22H31N5O2. The Balaban J connectivity index is 1.75. The van der Waals surface area contributed by atoms with Crippen molar-refractivity contribution in [1.82, 2.24) is 14.9 Å². The van der Waals surface area contributed by atoms with E-state index in [1.165, 1.54) is 12.8 Å². The van der Waals surface area contributed by atoms with Crippen molar-refractivity contribution in [2.75, 3.05) is 49.5 Å². The molecule has 0 unspecified atom stereocenters. The molecule has 0 saturated carbocycles. The molecule has 0 radical (unpaired) electrons. The molecule has 2 aromatic rings. The van der Waals surface area contributed by atoms with Crippen LogP contribution in [0.5, 0.6) is 0 Å². The fourth-order valence-corrected chi connectivity index (χ4v) is 3.34. The van der Waals surface area contributed by atoms with Gasteiger partial charge in [0.15, 0.2) is 0 Å². The monoisotopic (exact) mass is 397 g/mol. The van der Waals surface area contributed by atoms with Gasteiger partial charge >= 0.3 is 6.09 Å². The van der Waals surface area contributed by atoms with Gasteiger partial charge in [-0.2, -0.15) is 4.98 Å². The SMILES string of the molecule is CCCCCNc1nc(-c2ccccc2)cc(N2CCN(C(=O)OCC)CC2)n1.